The fourth-order valence-corrected chi connectivity index (χ4v) is 1.29. The molecule has 0 aliphatic rings. The van der Waals surface area contributed by atoms with Crippen LogP contribution >= 0.6 is 0 Å². The molecule has 4 N–H and O–H groups in total. The molecule has 1 unspecified atom stereocenters. The summed E-state index contributed by atoms with van der Waals surface area (Å²) in [5, 5.41) is 5.83. The van der Waals surface area contributed by atoms with Crippen molar-refractivity contribution in [1.29, 1.82) is 0 Å². The number of rotatable bonds is 6. The second-order valence-corrected chi connectivity index (χ2v) is 3.78. The van der Waals surface area contributed by atoms with E-state index >= 15 is 0 Å². The van der Waals surface area contributed by atoms with Gasteiger partial charge in [0, 0.05) is 19.1 Å². The zero-order valence-corrected chi connectivity index (χ0v) is 8.76. The SMILES string of the molecule is CC(C)CC(C)NCCNC(N)=O. The van der Waals surface area contributed by atoms with Gasteiger partial charge < -0.3 is 16.4 Å². The third kappa shape index (κ3) is 9.14. The van der Waals surface area contributed by atoms with Crippen LogP contribution in [0.3, 0.4) is 0 Å². The first kappa shape index (κ1) is 12.2. The Morgan fingerprint density at radius 3 is 2.38 bits per heavy atom. The molecular formula is C9H21N3O. The van der Waals surface area contributed by atoms with Gasteiger partial charge in [0.05, 0.1) is 0 Å². The third-order valence-electron chi connectivity index (χ3n) is 1.74. The number of amides is 2. The highest BCUT2D eigenvalue weighted by molar-refractivity contribution is 5.71. The Kier molecular flexibility index (Phi) is 6.32. The summed E-state index contributed by atoms with van der Waals surface area (Å²) in [4.78, 5) is 10.3. The second-order valence-electron chi connectivity index (χ2n) is 3.78. The lowest BCUT2D eigenvalue weighted by Crippen LogP contribution is -2.38. The van der Waals surface area contributed by atoms with Gasteiger partial charge in [-0.1, -0.05) is 13.8 Å². The topological polar surface area (TPSA) is 67.2 Å². The quantitative estimate of drug-likeness (QED) is 0.535. The van der Waals surface area contributed by atoms with Crippen molar-refractivity contribution in [2.45, 2.75) is 33.2 Å². The van der Waals surface area contributed by atoms with Gasteiger partial charge in [-0.05, 0) is 19.3 Å². The molecule has 0 bridgehead atoms. The smallest absolute Gasteiger partial charge is 0.312 e. The van der Waals surface area contributed by atoms with Crippen molar-refractivity contribution in [1.82, 2.24) is 10.6 Å². The molecule has 0 saturated carbocycles. The number of nitrogens with two attached hydrogens (primary N) is 1. The fourth-order valence-electron chi connectivity index (χ4n) is 1.29. The van der Waals surface area contributed by atoms with E-state index in [0.29, 0.717) is 18.5 Å². The molecule has 4 nitrogen and oxygen atoms in total. The summed E-state index contributed by atoms with van der Waals surface area (Å²) >= 11 is 0. The van der Waals surface area contributed by atoms with Gasteiger partial charge >= 0.3 is 6.03 Å². The van der Waals surface area contributed by atoms with Crippen LogP contribution in [0.4, 0.5) is 4.79 Å². The van der Waals surface area contributed by atoms with Crippen molar-refractivity contribution >= 4 is 6.03 Å². The van der Waals surface area contributed by atoms with Gasteiger partial charge in [-0.25, -0.2) is 4.79 Å². The molecule has 0 aromatic heterocycles. The maximum Gasteiger partial charge on any atom is 0.312 e. The third-order valence-corrected chi connectivity index (χ3v) is 1.74. The molecule has 0 spiro atoms. The Hall–Kier alpha value is -0.770. The normalized spacial score (nSPS) is 12.9. The van der Waals surface area contributed by atoms with Crippen LogP contribution in [-0.2, 0) is 0 Å². The van der Waals surface area contributed by atoms with Crippen LogP contribution in [0.2, 0.25) is 0 Å². The molecule has 0 aromatic rings. The van der Waals surface area contributed by atoms with Gasteiger partial charge in [0.1, 0.15) is 0 Å². The second kappa shape index (κ2) is 6.71. The Labute approximate surface area is 80.3 Å². The Bertz CT molecular complexity index is 148. The average Bonchev–Trinajstić information content (AvgIpc) is 1.96. The highest BCUT2D eigenvalue weighted by Crippen LogP contribution is 2.02. The number of hydrogen-bond donors (Lipinski definition) is 3. The van der Waals surface area contributed by atoms with Crippen LogP contribution < -0.4 is 16.4 Å². The van der Waals surface area contributed by atoms with E-state index in [4.69, 9.17) is 5.73 Å². The molecule has 0 fully saturated rings. The Morgan fingerprint density at radius 1 is 1.31 bits per heavy atom. The average molecular weight is 187 g/mol. The van der Waals surface area contributed by atoms with E-state index in [1.165, 1.54) is 0 Å². The van der Waals surface area contributed by atoms with E-state index < -0.39 is 6.03 Å². The van der Waals surface area contributed by atoms with E-state index in [9.17, 15) is 4.79 Å². The predicted octanol–water partition coefficient (Wildman–Crippen LogP) is 0.679. The first-order valence-corrected chi connectivity index (χ1v) is 4.79. The molecule has 13 heavy (non-hydrogen) atoms. The molecule has 78 valence electrons. The molecule has 0 rings (SSSR count). The van der Waals surface area contributed by atoms with Crippen LogP contribution in [0, 0.1) is 5.92 Å². The lowest BCUT2D eigenvalue weighted by atomic mass is 10.1. The molecule has 0 saturated heterocycles. The highest BCUT2D eigenvalue weighted by Gasteiger charge is 2.03. The van der Waals surface area contributed by atoms with Gasteiger partial charge in [0.15, 0.2) is 0 Å². The number of urea groups is 1. The predicted molar refractivity (Wildman–Crippen MR) is 54.5 cm³/mol. The lowest BCUT2D eigenvalue weighted by Gasteiger charge is -2.15. The van der Waals surface area contributed by atoms with Gasteiger partial charge in [0.2, 0.25) is 0 Å². The summed E-state index contributed by atoms with van der Waals surface area (Å²) in [6.07, 6.45) is 1.15. The van der Waals surface area contributed by atoms with Crippen molar-refractivity contribution in [2.24, 2.45) is 11.7 Å². The summed E-state index contributed by atoms with van der Waals surface area (Å²) in [5.41, 5.74) is 4.91. The zero-order valence-electron chi connectivity index (χ0n) is 8.76. The minimum absolute atomic E-state index is 0.460. The summed E-state index contributed by atoms with van der Waals surface area (Å²) in [6, 6.07) is 0.0352. The van der Waals surface area contributed by atoms with E-state index in [1.807, 2.05) is 0 Å². The van der Waals surface area contributed by atoms with E-state index in [1.54, 1.807) is 0 Å². The van der Waals surface area contributed by atoms with Crippen molar-refractivity contribution in [3.05, 3.63) is 0 Å². The molecule has 2 amide bonds. The summed E-state index contributed by atoms with van der Waals surface area (Å²) in [7, 11) is 0. The van der Waals surface area contributed by atoms with Crippen molar-refractivity contribution < 1.29 is 4.79 Å². The highest BCUT2D eigenvalue weighted by atomic mass is 16.2. The van der Waals surface area contributed by atoms with E-state index in [2.05, 4.69) is 31.4 Å². The van der Waals surface area contributed by atoms with Crippen LogP contribution in [0.5, 0.6) is 0 Å². The molecule has 1 atom stereocenters. The van der Waals surface area contributed by atoms with Gasteiger partial charge in [-0.15, -0.1) is 0 Å². The van der Waals surface area contributed by atoms with E-state index in [0.717, 1.165) is 13.0 Å². The molecule has 0 aliphatic carbocycles. The van der Waals surface area contributed by atoms with Gasteiger partial charge in [-0.3, -0.25) is 0 Å². The van der Waals surface area contributed by atoms with Crippen LogP contribution in [0.1, 0.15) is 27.2 Å². The minimum atomic E-state index is -0.460. The largest absolute Gasteiger partial charge is 0.352 e. The number of carbonyl (C=O) groups excluding carboxylic acids is 1. The summed E-state index contributed by atoms with van der Waals surface area (Å²) < 4.78 is 0. The molecule has 0 heterocycles. The number of primary amides is 1. The number of nitrogens with one attached hydrogen (secondary N) is 2. The number of hydrogen-bond acceptors (Lipinski definition) is 2. The van der Waals surface area contributed by atoms with Crippen molar-refractivity contribution in [3.8, 4) is 0 Å². The first-order chi connectivity index (χ1) is 6.02. The monoisotopic (exact) mass is 187 g/mol. The standard InChI is InChI=1S/C9H21N3O/c1-7(2)6-8(3)11-4-5-12-9(10)13/h7-8,11H,4-6H2,1-3H3,(H3,10,12,13). The Balaban J connectivity index is 3.26. The first-order valence-electron chi connectivity index (χ1n) is 4.79. The molecule has 4 heteroatoms. The maximum atomic E-state index is 10.3. The van der Waals surface area contributed by atoms with Gasteiger partial charge in [-0.2, -0.15) is 0 Å². The maximum absolute atomic E-state index is 10.3. The molecule has 0 aliphatic heterocycles. The van der Waals surface area contributed by atoms with Crippen molar-refractivity contribution in [3.63, 3.8) is 0 Å². The van der Waals surface area contributed by atoms with Crippen LogP contribution in [0.25, 0.3) is 0 Å². The molecular weight excluding hydrogens is 166 g/mol. The molecule has 0 radical (unpaired) electrons. The fraction of sp³-hybridized carbons (Fsp3) is 0.889. The van der Waals surface area contributed by atoms with Crippen LogP contribution in [-0.4, -0.2) is 25.2 Å². The zero-order chi connectivity index (χ0) is 10.3. The van der Waals surface area contributed by atoms with Crippen molar-refractivity contribution in [2.75, 3.05) is 13.1 Å². The lowest BCUT2D eigenvalue weighted by molar-refractivity contribution is 0.248. The minimum Gasteiger partial charge on any atom is -0.352 e. The summed E-state index contributed by atoms with van der Waals surface area (Å²) in [6.45, 7) is 7.90. The van der Waals surface area contributed by atoms with Gasteiger partial charge in [0.25, 0.3) is 0 Å². The summed E-state index contributed by atoms with van der Waals surface area (Å²) in [5.74, 6) is 0.701. The molecule has 0 aromatic carbocycles. The Morgan fingerprint density at radius 2 is 1.92 bits per heavy atom. The number of carbonyl (C=O) groups is 1. The van der Waals surface area contributed by atoms with Crippen LogP contribution in [0.15, 0.2) is 0 Å². The van der Waals surface area contributed by atoms with E-state index in [-0.39, 0.29) is 0 Å².